The lowest BCUT2D eigenvalue weighted by atomic mass is 10.1. The zero-order valence-electron chi connectivity index (χ0n) is 11.0. The summed E-state index contributed by atoms with van der Waals surface area (Å²) < 4.78 is 0. The Balaban J connectivity index is 1.70. The van der Waals surface area contributed by atoms with Crippen LogP contribution in [0.2, 0.25) is 0 Å². The van der Waals surface area contributed by atoms with Crippen molar-refractivity contribution in [3.05, 3.63) is 30.1 Å². The first-order valence-corrected chi connectivity index (χ1v) is 6.79. The predicted octanol–water partition coefficient (Wildman–Crippen LogP) is 1.19. The van der Waals surface area contributed by atoms with Crippen LogP contribution >= 0.6 is 0 Å². The summed E-state index contributed by atoms with van der Waals surface area (Å²) in [7, 11) is 0. The van der Waals surface area contributed by atoms with Gasteiger partial charge in [-0.1, -0.05) is 6.07 Å². The Morgan fingerprint density at radius 1 is 1.44 bits per heavy atom. The Morgan fingerprint density at radius 3 is 2.89 bits per heavy atom. The molecule has 2 N–H and O–H groups in total. The van der Waals surface area contributed by atoms with E-state index in [0.29, 0.717) is 6.54 Å². The van der Waals surface area contributed by atoms with E-state index in [4.69, 9.17) is 0 Å². The van der Waals surface area contributed by atoms with Crippen LogP contribution in [0.4, 0.5) is 0 Å². The standard InChI is InChI=1S/C14H23N3O/c1-12(13-5-4-6-15-9-13)16-10-14(18)11-17-7-2-3-8-17/h4-6,9,12,14,16,18H,2-3,7-8,10-11H2,1H3/t12-,14?/m0/s1. The minimum atomic E-state index is -0.290. The zero-order chi connectivity index (χ0) is 12.8. The normalized spacial score (nSPS) is 19.9. The maximum absolute atomic E-state index is 9.99. The average molecular weight is 249 g/mol. The van der Waals surface area contributed by atoms with Crippen LogP contribution in [0.25, 0.3) is 0 Å². The first kappa shape index (κ1) is 13.5. The van der Waals surface area contributed by atoms with Crippen molar-refractivity contribution >= 4 is 0 Å². The van der Waals surface area contributed by atoms with Gasteiger partial charge < -0.3 is 15.3 Å². The third kappa shape index (κ3) is 4.05. The molecule has 18 heavy (non-hydrogen) atoms. The van der Waals surface area contributed by atoms with Gasteiger partial charge in [0.2, 0.25) is 0 Å². The lowest BCUT2D eigenvalue weighted by Gasteiger charge is -2.21. The summed E-state index contributed by atoms with van der Waals surface area (Å²) in [6.45, 7) is 5.78. The number of rotatable bonds is 6. The molecule has 1 fully saturated rings. The highest BCUT2D eigenvalue weighted by atomic mass is 16.3. The molecule has 2 atom stereocenters. The van der Waals surface area contributed by atoms with Crippen LogP contribution in [0.3, 0.4) is 0 Å². The quantitative estimate of drug-likeness (QED) is 0.795. The number of aliphatic hydroxyl groups is 1. The lowest BCUT2D eigenvalue weighted by Crippen LogP contribution is -2.37. The number of β-amino-alcohol motifs (C(OH)–C–C–N with tert-alkyl or cyclic N) is 1. The molecule has 1 unspecified atom stereocenters. The minimum absolute atomic E-state index is 0.229. The van der Waals surface area contributed by atoms with E-state index < -0.39 is 0 Å². The van der Waals surface area contributed by atoms with Crippen molar-refractivity contribution in [1.82, 2.24) is 15.2 Å². The van der Waals surface area contributed by atoms with Gasteiger partial charge in [-0.15, -0.1) is 0 Å². The van der Waals surface area contributed by atoms with Crippen molar-refractivity contribution in [3.8, 4) is 0 Å². The predicted molar refractivity (Wildman–Crippen MR) is 72.3 cm³/mol. The second-order valence-corrected chi connectivity index (χ2v) is 5.08. The second-order valence-electron chi connectivity index (χ2n) is 5.08. The largest absolute Gasteiger partial charge is 0.390 e. The molecule has 1 aromatic heterocycles. The summed E-state index contributed by atoms with van der Waals surface area (Å²) in [5.74, 6) is 0. The second kappa shape index (κ2) is 6.83. The molecule has 0 radical (unpaired) electrons. The van der Waals surface area contributed by atoms with E-state index in [1.54, 1.807) is 6.20 Å². The number of aliphatic hydroxyl groups excluding tert-OH is 1. The van der Waals surface area contributed by atoms with Crippen LogP contribution in [0.15, 0.2) is 24.5 Å². The monoisotopic (exact) mass is 249 g/mol. The van der Waals surface area contributed by atoms with E-state index in [9.17, 15) is 5.11 Å². The smallest absolute Gasteiger partial charge is 0.0791 e. The molecule has 1 saturated heterocycles. The third-order valence-corrected chi connectivity index (χ3v) is 3.51. The molecule has 2 heterocycles. The van der Waals surface area contributed by atoms with E-state index in [-0.39, 0.29) is 12.1 Å². The molecule has 1 aliphatic heterocycles. The number of nitrogens with zero attached hydrogens (tertiary/aromatic N) is 2. The van der Waals surface area contributed by atoms with E-state index >= 15 is 0 Å². The molecule has 1 aromatic rings. The number of likely N-dealkylation sites (tertiary alicyclic amines) is 1. The van der Waals surface area contributed by atoms with Crippen LogP contribution < -0.4 is 5.32 Å². The number of nitrogens with one attached hydrogen (secondary N) is 1. The summed E-state index contributed by atoms with van der Waals surface area (Å²) in [4.78, 5) is 6.44. The third-order valence-electron chi connectivity index (χ3n) is 3.51. The van der Waals surface area contributed by atoms with Gasteiger partial charge in [0, 0.05) is 31.5 Å². The highest BCUT2D eigenvalue weighted by Crippen LogP contribution is 2.10. The summed E-state index contributed by atoms with van der Waals surface area (Å²) in [6, 6.07) is 4.22. The molecule has 2 rings (SSSR count). The maximum atomic E-state index is 9.99. The number of hydrogen-bond donors (Lipinski definition) is 2. The first-order valence-electron chi connectivity index (χ1n) is 6.79. The van der Waals surface area contributed by atoms with Gasteiger partial charge in [0.25, 0.3) is 0 Å². The minimum Gasteiger partial charge on any atom is -0.390 e. The summed E-state index contributed by atoms with van der Waals surface area (Å²) >= 11 is 0. The van der Waals surface area contributed by atoms with Crippen molar-refractivity contribution in [1.29, 1.82) is 0 Å². The van der Waals surface area contributed by atoms with Gasteiger partial charge in [-0.3, -0.25) is 4.98 Å². The Hall–Kier alpha value is -0.970. The van der Waals surface area contributed by atoms with E-state index in [2.05, 4.69) is 28.2 Å². The van der Waals surface area contributed by atoms with Gasteiger partial charge in [-0.25, -0.2) is 0 Å². The molecule has 0 aromatic carbocycles. The SMILES string of the molecule is C[C@H](NCC(O)CN1CCCC1)c1cccnc1. The van der Waals surface area contributed by atoms with Gasteiger partial charge in [0.05, 0.1) is 6.10 Å². The van der Waals surface area contributed by atoms with Gasteiger partial charge >= 0.3 is 0 Å². The Bertz CT molecular complexity index is 338. The van der Waals surface area contributed by atoms with Crippen LogP contribution in [-0.4, -0.2) is 47.3 Å². The highest BCUT2D eigenvalue weighted by molar-refractivity contribution is 5.12. The summed E-state index contributed by atoms with van der Waals surface area (Å²) in [5.41, 5.74) is 1.16. The van der Waals surface area contributed by atoms with Gasteiger partial charge in [-0.2, -0.15) is 0 Å². The van der Waals surface area contributed by atoms with Gasteiger partial charge in [-0.05, 0) is 44.5 Å². The van der Waals surface area contributed by atoms with Crippen LogP contribution in [0.1, 0.15) is 31.4 Å². The van der Waals surface area contributed by atoms with E-state index in [1.165, 1.54) is 12.8 Å². The Labute approximate surface area is 109 Å². The number of hydrogen-bond acceptors (Lipinski definition) is 4. The van der Waals surface area contributed by atoms with Crippen molar-refractivity contribution < 1.29 is 5.11 Å². The topological polar surface area (TPSA) is 48.4 Å². The molecule has 4 nitrogen and oxygen atoms in total. The Morgan fingerprint density at radius 2 is 2.22 bits per heavy atom. The fourth-order valence-corrected chi connectivity index (χ4v) is 2.39. The van der Waals surface area contributed by atoms with Gasteiger partial charge in [0.15, 0.2) is 0 Å². The van der Waals surface area contributed by atoms with Crippen LogP contribution in [0, 0.1) is 0 Å². The molecule has 4 heteroatoms. The molecule has 1 aliphatic rings. The maximum Gasteiger partial charge on any atom is 0.0791 e. The fourth-order valence-electron chi connectivity index (χ4n) is 2.39. The van der Waals surface area contributed by atoms with E-state index in [0.717, 1.165) is 25.2 Å². The number of pyridine rings is 1. The molecule has 0 amide bonds. The summed E-state index contributed by atoms with van der Waals surface area (Å²) in [5, 5.41) is 13.3. The van der Waals surface area contributed by atoms with Crippen molar-refractivity contribution in [2.75, 3.05) is 26.2 Å². The molecular weight excluding hydrogens is 226 g/mol. The van der Waals surface area contributed by atoms with Gasteiger partial charge in [0.1, 0.15) is 0 Å². The molecule has 0 bridgehead atoms. The Kier molecular flexibility index (Phi) is 5.11. The molecule has 0 saturated carbocycles. The molecule has 100 valence electrons. The fraction of sp³-hybridized carbons (Fsp3) is 0.643. The van der Waals surface area contributed by atoms with Crippen LogP contribution in [-0.2, 0) is 0 Å². The van der Waals surface area contributed by atoms with Crippen molar-refractivity contribution in [2.24, 2.45) is 0 Å². The molecular formula is C14H23N3O. The summed E-state index contributed by atoms with van der Waals surface area (Å²) in [6.07, 6.45) is 5.89. The van der Waals surface area contributed by atoms with Crippen molar-refractivity contribution in [2.45, 2.75) is 31.9 Å². The van der Waals surface area contributed by atoms with Crippen molar-refractivity contribution in [3.63, 3.8) is 0 Å². The number of aromatic nitrogens is 1. The highest BCUT2D eigenvalue weighted by Gasteiger charge is 2.16. The molecule has 0 aliphatic carbocycles. The molecule has 0 spiro atoms. The lowest BCUT2D eigenvalue weighted by molar-refractivity contribution is 0.121. The van der Waals surface area contributed by atoms with Crippen LogP contribution in [0.5, 0.6) is 0 Å². The first-order chi connectivity index (χ1) is 8.75. The van der Waals surface area contributed by atoms with E-state index in [1.807, 2.05) is 12.3 Å². The zero-order valence-corrected chi connectivity index (χ0v) is 11.0. The average Bonchev–Trinajstić information content (AvgIpc) is 2.90.